The van der Waals surface area contributed by atoms with E-state index in [-0.39, 0.29) is 5.91 Å². The van der Waals surface area contributed by atoms with E-state index in [9.17, 15) is 9.59 Å². The molecule has 1 aromatic heterocycles. The van der Waals surface area contributed by atoms with Crippen molar-refractivity contribution in [2.75, 3.05) is 0 Å². The van der Waals surface area contributed by atoms with Crippen molar-refractivity contribution in [2.45, 2.75) is 39.3 Å². The molecule has 0 saturated carbocycles. The molecule has 112 valence electrons. The molecule has 21 heavy (non-hydrogen) atoms. The zero-order chi connectivity index (χ0) is 15.6. The molecule has 0 unspecified atom stereocenters. The van der Waals surface area contributed by atoms with E-state index in [1.165, 1.54) is 0 Å². The largest absolute Gasteiger partial charge is 0.458 e. The summed E-state index contributed by atoms with van der Waals surface area (Å²) in [5.41, 5.74) is 1.08. The molecule has 7 nitrogen and oxygen atoms in total. The summed E-state index contributed by atoms with van der Waals surface area (Å²) in [5, 5.41) is 12.9. The molecular formula is C14H18N4O3. The summed E-state index contributed by atoms with van der Waals surface area (Å²) in [6, 6.07) is 4.19. The fourth-order valence-electron chi connectivity index (χ4n) is 1.71. The predicted octanol–water partition coefficient (Wildman–Crippen LogP) is 1.42. The number of ether oxygens (including phenoxy) is 1. The second-order valence-corrected chi connectivity index (χ2v) is 5.76. The molecule has 0 aliphatic heterocycles. The minimum Gasteiger partial charge on any atom is -0.458 e. The molecule has 0 fully saturated rings. The molecule has 2 aromatic rings. The summed E-state index contributed by atoms with van der Waals surface area (Å²) < 4.78 is 5.21. The number of benzene rings is 1. The second-order valence-electron chi connectivity index (χ2n) is 5.76. The van der Waals surface area contributed by atoms with E-state index in [4.69, 9.17) is 4.74 Å². The van der Waals surface area contributed by atoms with Gasteiger partial charge >= 0.3 is 5.97 Å². The molecule has 0 radical (unpaired) electrons. The smallest absolute Gasteiger partial charge is 0.328 e. The van der Waals surface area contributed by atoms with Gasteiger partial charge in [-0.3, -0.25) is 4.79 Å². The Morgan fingerprint density at radius 2 is 1.90 bits per heavy atom. The van der Waals surface area contributed by atoms with Crippen LogP contribution in [0, 0.1) is 0 Å². The Hall–Kier alpha value is -2.44. The van der Waals surface area contributed by atoms with E-state index in [0.717, 1.165) is 0 Å². The average molecular weight is 290 g/mol. The summed E-state index contributed by atoms with van der Waals surface area (Å²) in [6.45, 7) is 6.91. The third kappa shape index (κ3) is 3.77. The van der Waals surface area contributed by atoms with Gasteiger partial charge in [0, 0.05) is 5.56 Å². The highest BCUT2D eigenvalue weighted by Gasteiger charge is 2.23. The minimum atomic E-state index is -0.732. The van der Waals surface area contributed by atoms with E-state index in [1.54, 1.807) is 45.9 Å². The third-order valence-corrected chi connectivity index (χ3v) is 2.69. The molecule has 1 heterocycles. The topological polar surface area (TPSA) is 97.0 Å². The van der Waals surface area contributed by atoms with Crippen molar-refractivity contribution in [1.29, 1.82) is 0 Å². The summed E-state index contributed by atoms with van der Waals surface area (Å²) in [6.07, 6.45) is 0. The van der Waals surface area contributed by atoms with Crippen molar-refractivity contribution >= 4 is 22.9 Å². The number of fused-ring (bicyclic) bond motifs is 1. The van der Waals surface area contributed by atoms with Gasteiger partial charge in [0.15, 0.2) is 0 Å². The van der Waals surface area contributed by atoms with E-state index in [0.29, 0.717) is 16.6 Å². The maximum Gasteiger partial charge on any atom is 0.328 e. The zero-order valence-electron chi connectivity index (χ0n) is 12.4. The summed E-state index contributed by atoms with van der Waals surface area (Å²) >= 11 is 0. The van der Waals surface area contributed by atoms with E-state index in [1.807, 2.05) is 0 Å². The predicted molar refractivity (Wildman–Crippen MR) is 76.7 cm³/mol. The van der Waals surface area contributed by atoms with Crippen LogP contribution in [-0.2, 0) is 9.53 Å². The lowest BCUT2D eigenvalue weighted by Crippen LogP contribution is -2.42. The normalized spacial score (nSPS) is 13.0. The first kappa shape index (κ1) is 15.0. The molecule has 2 rings (SSSR count). The van der Waals surface area contributed by atoms with Gasteiger partial charge < -0.3 is 10.1 Å². The highest BCUT2D eigenvalue weighted by Crippen LogP contribution is 2.11. The number of aromatic nitrogens is 3. The second kappa shape index (κ2) is 5.51. The minimum absolute atomic E-state index is 0.363. The first-order valence-corrected chi connectivity index (χ1v) is 6.60. The van der Waals surface area contributed by atoms with Crippen LogP contribution < -0.4 is 5.32 Å². The van der Waals surface area contributed by atoms with Crippen LogP contribution in [0.1, 0.15) is 38.1 Å². The van der Waals surface area contributed by atoms with E-state index >= 15 is 0 Å². The first-order chi connectivity index (χ1) is 9.76. The van der Waals surface area contributed by atoms with Crippen LogP contribution in [-0.4, -0.2) is 38.9 Å². The number of H-pyrrole nitrogens is 1. The third-order valence-electron chi connectivity index (χ3n) is 2.69. The van der Waals surface area contributed by atoms with Crippen molar-refractivity contribution in [2.24, 2.45) is 0 Å². The number of carbonyl (C=O) groups excluding carboxylic acids is 2. The highest BCUT2D eigenvalue weighted by molar-refractivity contribution is 5.99. The molecule has 1 atom stereocenters. The SMILES string of the molecule is C[C@@H](NC(=O)c1ccc2n[nH]nc2c1)C(=O)OC(C)(C)C. The summed E-state index contributed by atoms with van der Waals surface area (Å²) in [5.74, 6) is -0.836. The Bertz CT molecular complexity index is 672. The molecule has 7 heteroatoms. The molecule has 0 aliphatic rings. The molecule has 0 saturated heterocycles. The number of nitrogens with zero attached hydrogens (tertiary/aromatic N) is 2. The van der Waals surface area contributed by atoms with Gasteiger partial charge in [0.05, 0.1) is 0 Å². The Balaban J connectivity index is 2.04. The summed E-state index contributed by atoms with van der Waals surface area (Å²) in [7, 11) is 0. The molecule has 0 bridgehead atoms. The highest BCUT2D eigenvalue weighted by atomic mass is 16.6. The van der Waals surface area contributed by atoms with Gasteiger partial charge in [-0.15, -0.1) is 0 Å². The summed E-state index contributed by atoms with van der Waals surface area (Å²) in [4.78, 5) is 23.9. The van der Waals surface area contributed by atoms with Crippen molar-refractivity contribution in [1.82, 2.24) is 20.7 Å². The van der Waals surface area contributed by atoms with Crippen LogP contribution in [0.5, 0.6) is 0 Å². The number of rotatable bonds is 3. The van der Waals surface area contributed by atoms with Gasteiger partial charge in [-0.1, -0.05) is 0 Å². The number of esters is 1. The quantitative estimate of drug-likeness (QED) is 0.833. The van der Waals surface area contributed by atoms with Crippen LogP contribution >= 0.6 is 0 Å². The Morgan fingerprint density at radius 1 is 1.24 bits per heavy atom. The first-order valence-electron chi connectivity index (χ1n) is 6.60. The van der Waals surface area contributed by atoms with Crippen molar-refractivity contribution < 1.29 is 14.3 Å². The van der Waals surface area contributed by atoms with Crippen LogP contribution in [0.2, 0.25) is 0 Å². The Kier molecular flexibility index (Phi) is 3.93. The van der Waals surface area contributed by atoms with Crippen molar-refractivity contribution in [3.63, 3.8) is 0 Å². The lowest BCUT2D eigenvalue weighted by atomic mass is 10.1. The lowest BCUT2D eigenvalue weighted by Gasteiger charge is -2.22. The number of hydrogen-bond acceptors (Lipinski definition) is 5. The van der Waals surface area contributed by atoms with Gasteiger partial charge in [-0.2, -0.15) is 15.4 Å². The van der Waals surface area contributed by atoms with Gasteiger partial charge in [-0.05, 0) is 45.9 Å². The fourth-order valence-corrected chi connectivity index (χ4v) is 1.71. The lowest BCUT2D eigenvalue weighted by molar-refractivity contribution is -0.156. The van der Waals surface area contributed by atoms with Gasteiger partial charge in [-0.25, -0.2) is 4.79 Å². The zero-order valence-corrected chi connectivity index (χ0v) is 12.4. The number of carbonyl (C=O) groups is 2. The number of aromatic amines is 1. The number of hydrogen-bond donors (Lipinski definition) is 2. The van der Waals surface area contributed by atoms with Crippen LogP contribution in [0.4, 0.5) is 0 Å². The fraction of sp³-hybridized carbons (Fsp3) is 0.429. The Morgan fingerprint density at radius 3 is 2.57 bits per heavy atom. The Labute approximate surface area is 122 Å². The van der Waals surface area contributed by atoms with Gasteiger partial charge in [0.25, 0.3) is 5.91 Å². The van der Waals surface area contributed by atoms with Crippen LogP contribution in [0.15, 0.2) is 18.2 Å². The average Bonchev–Trinajstić information content (AvgIpc) is 2.83. The molecule has 1 aromatic carbocycles. The standard InChI is InChI=1S/C14H18N4O3/c1-8(13(20)21-14(2,3)4)15-12(19)9-5-6-10-11(7-9)17-18-16-10/h5-8H,1-4H3,(H,15,19)(H,16,17,18)/t8-/m1/s1. The maximum atomic E-state index is 12.1. The molecule has 0 spiro atoms. The molecule has 1 amide bonds. The molecular weight excluding hydrogens is 272 g/mol. The maximum absolute atomic E-state index is 12.1. The van der Waals surface area contributed by atoms with Crippen LogP contribution in [0.25, 0.3) is 11.0 Å². The van der Waals surface area contributed by atoms with E-state index < -0.39 is 17.6 Å². The number of nitrogens with one attached hydrogen (secondary N) is 2. The monoisotopic (exact) mass is 290 g/mol. The van der Waals surface area contributed by atoms with Crippen molar-refractivity contribution in [3.8, 4) is 0 Å². The van der Waals surface area contributed by atoms with Crippen LogP contribution in [0.3, 0.4) is 0 Å². The number of amides is 1. The molecule has 0 aliphatic carbocycles. The van der Waals surface area contributed by atoms with Gasteiger partial charge in [0.2, 0.25) is 0 Å². The van der Waals surface area contributed by atoms with E-state index in [2.05, 4.69) is 20.7 Å². The molecule has 2 N–H and O–H groups in total. The van der Waals surface area contributed by atoms with Gasteiger partial charge in [0.1, 0.15) is 22.7 Å². The van der Waals surface area contributed by atoms with Crippen molar-refractivity contribution in [3.05, 3.63) is 23.8 Å².